The molecule has 1 saturated carbocycles. The summed E-state index contributed by atoms with van der Waals surface area (Å²) in [5.41, 5.74) is 33.1. The van der Waals surface area contributed by atoms with E-state index >= 15 is 0 Å². The Morgan fingerprint density at radius 2 is 1.40 bits per heavy atom. The Hall–Kier alpha value is -9.35. The van der Waals surface area contributed by atoms with Crippen molar-refractivity contribution >= 4 is 93.9 Å². The fourth-order valence-corrected chi connectivity index (χ4v) is 20.7. The van der Waals surface area contributed by atoms with Crippen molar-refractivity contribution in [2.45, 2.75) is 251 Å². The van der Waals surface area contributed by atoms with Gasteiger partial charge in [0.1, 0.15) is 18.5 Å². The summed E-state index contributed by atoms with van der Waals surface area (Å²) in [6.07, 6.45) is 30.4. The quantitative estimate of drug-likeness (QED) is 0.0114. The lowest BCUT2D eigenvalue weighted by molar-refractivity contribution is -0.137. The van der Waals surface area contributed by atoms with Gasteiger partial charge in [-0.2, -0.15) is 16.9 Å². The number of aliphatic carboxylic acids is 1. The van der Waals surface area contributed by atoms with Crippen molar-refractivity contribution in [2.75, 3.05) is 55.8 Å². The third-order valence-corrected chi connectivity index (χ3v) is 28.5. The molecule has 0 radical (unpaired) electrons. The van der Waals surface area contributed by atoms with Gasteiger partial charge in [-0.15, -0.1) is 23.5 Å². The second-order valence-corrected chi connectivity index (χ2v) is 39.3. The number of alkyl carbamates (subject to hydrolysis) is 1. The zero-order valence-electron chi connectivity index (χ0n) is 75.4. The molecule has 28 heteroatoms. The van der Waals surface area contributed by atoms with Crippen molar-refractivity contribution in [3.63, 3.8) is 0 Å². The molecule has 22 nitrogen and oxygen atoms in total. The van der Waals surface area contributed by atoms with Crippen LogP contribution in [0.15, 0.2) is 221 Å². The number of halogens is 3. The van der Waals surface area contributed by atoms with Crippen LogP contribution in [-0.2, 0) is 45.8 Å². The molecular formula is C101H132Cl2FN15O7S3. The SMILES string of the molecule is CC(C)(C)CNc1nccc(-c2c(-c3ccc(F)cc3)c(=O)n3n2CCC3)n1.CCCNC1CCCCCCCCCCC1.COC(=O)N[C@@H]1CS[C@H](CCCCC(=O)O)[C@@H]1N.NC1CCCSc2ccccc21.N[C@H](Cc1ccccc1)C(=O)N1CCC(Cn2cncn2)(c2ccccc2)CC1.Nc1ccccc1SC(CC(=O)c1ccccc1)c1ccc(Cl)c(Cl)c1. The zero-order valence-corrected chi connectivity index (χ0v) is 79.4. The number of fused-ring (bicyclic) bond motifs is 2. The number of methoxy groups -OCH3 is 1. The van der Waals surface area contributed by atoms with E-state index in [4.69, 9.17) is 51.2 Å². The number of piperidine rings is 1. The number of nitrogen functional groups attached to an aromatic ring is 1. The minimum absolute atomic E-state index is 0.0382. The van der Waals surface area contributed by atoms with Crippen LogP contribution in [0.25, 0.3) is 22.5 Å². The zero-order chi connectivity index (χ0) is 91.9. The average molecular weight is 1850 g/mol. The van der Waals surface area contributed by atoms with Gasteiger partial charge in [0, 0.05) is 113 Å². The lowest BCUT2D eigenvalue weighted by atomic mass is 9.72. The molecule has 3 fully saturated rings. The summed E-state index contributed by atoms with van der Waals surface area (Å²) in [6.45, 7) is 14.2. The monoisotopic (exact) mass is 1850 g/mol. The van der Waals surface area contributed by atoms with Gasteiger partial charge < -0.3 is 53.6 Å². The number of para-hydroxylation sites is 1. The molecule has 0 bridgehead atoms. The Bertz CT molecular complexity index is 5090. The van der Waals surface area contributed by atoms with Crippen LogP contribution >= 0.6 is 58.5 Å². The van der Waals surface area contributed by atoms with Gasteiger partial charge in [-0.3, -0.25) is 28.5 Å². The van der Waals surface area contributed by atoms with E-state index in [1.54, 1.807) is 65.3 Å². The number of carbonyl (C=O) groups is 4. The van der Waals surface area contributed by atoms with Gasteiger partial charge in [-0.1, -0.05) is 255 Å². The first-order valence-electron chi connectivity index (χ1n) is 45.7. The summed E-state index contributed by atoms with van der Waals surface area (Å²) in [7, 11) is 1.33. The van der Waals surface area contributed by atoms with E-state index in [1.165, 1.54) is 131 Å². The molecule has 2 amide bonds. The Labute approximate surface area is 784 Å². The van der Waals surface area contributed by atoms with Crippen molar-refractivity contribution in [3.05, 3.63) is 261 Å². The number of hydrogen-bond donors (Lipinski definition) is 8. The number of nitrogens with zero attached hydrogens (tertiary/aromatic N) is 8. The fraction of sp³-hybridized carbons (Fsp3) is 0.455. The van der Waals surface area contributed by atoms with Gasteiger partial charge in [0.05, 0.1) is 52.7 Å². The Balaban J connectivity index is 0.000000165. The van der Waals surface area contributed by atoms with Crippen LogP contribution in [0.4, 0.5) is 20.8 Å². The van der Waals surface area contributed by atoms with E-state index in [1.807, 2.05) is 135 Å². The van der Waals surface area contributed by atoms with Crippen molar-refractivity contribution in [1.29, 1.82) is 0 Å². The molecule has 12 N–H and O–H groups in total. The van der Waals surface area contributed by atoms with Gasteiger partial charge in [0.25, 0.3) is 5.56 Å². The van der Waals surface area contributed by atoms with E-state index in [2.05, 4.69) is 117 Å². The number of anilines is 2. The van der Waals surface area contributed by atoms with Gasteiger partial charge >= 0.3 is 12.1 Å². The lowest BCUT2D eigenvalue weighted by Gasteiger charge is -2.42. The standard InChI is InChI=1S/C23H27N5O.C21H17Cl2NOS.C21H24FN5O.C15H31N.C11H20N2O4S.C10H13NS/c24-21(15-19-7-3-1-4-8-19)22(29)27-13-11-23(12-14-27,16-28-18-25-17-26-28)20-9-5-2-6-10-20;22-16-11-10-15(12-17(16)23)21(26-20-9-5-4-8-18(20)24)13-19(25)14-6-2-1-3-7-14;1-21(2,3)13-24-20-23-10-9-16(25-20)18-17(14-5-7-15(22)8-6-14)19(28)27-12-4-11-26(18)27;1-2-14-16-15-12-10-8-6-4-3-5-7-9-11-13-15;1-17-11(16)13-7-6-18-8(10(7)12)4-2-3-5-9(14)15;11-9-5-3-7-12-10-6-2-1-4-8(9)10/h1-10,17-18,21H,11-16,24H2;1-12,21H,13,24H2;5-10H,4,11-13H2,1-3H3,(H,23,24,25);15-16H,2-14H2,1H3;7-8,10H,2-6,12H2,1H3,(H,13,16)(H,14,15);1-2,4,6,9H,3,5,7,11H2/t21-;;;;7-,8-,10-;/m1...1./s1. The summed E-state index contributed by atoms with van der Waals surface area (Å²) in [4.78, 5) is 77.5. The number of ether oxygens (including phenoxy) is 1. The van der Waals surface area contributed by atoms with Crippen molar-refractivity contribution in [2.24, 2.45) is 22.6 Å². The van der Waals surface area contributed by atoms with Crippen LogP contribution in [0.5, 0.6) is 0 Å². The maximum Gasteiger partial charge on any atom is 0.407 e. The van der Waals surface area contributed by atoms with Gasteiger partial charge in [-0.05, 0) is 165 Å². The number of rotatable bonds is 25. The highest BCUT2D eigenvalue weighted by Gasteiger charge is 2.40. The number of hydrogen-bond acceptors (Lipinski definition) is 19. The van der Waals surface area contributed by atoms with Gasteiger partial charge in [0.2, 0.25) is 11.9 Å². The number of nitrogens with two attached hydrogens (primary N) is 4. The molecule has 15 rings (SSSR count). The molecule has 5 aliphatic rings. The van der Waals surface area contributed by atoms with E-state index in [0.29, 0.717) is 83.0 Å². The maximum absolute atomic E-state index is 13.4. The van der Waals surface area contributed by atoms with Crippen molar-refractivity contribution < 1.29 is 33.4 Å². The predicted octanol–water partition coefficient (Wildman–Crippen LogP) is 20.9. The van der Waals surface area contributed by atoms with Crippen LogP contribution in [-0.4, -0.2) is 142 Å². The number of carboxylic acid groups (broad SMARTS) is 1. The molecule has 129 heavy (non-hydrogen) atoms. The first-order chi connectivity index (χ1) is 62.4. The summed E-state index contributed by atoms with van der Waals surface area (Å²) in [6, 6.07) is 59.7. The van der Waals surface area contributed by atoms with E-state index in [9.17, 15) is 28.4 Å². The summed E-state index contributed by atoms with van der Waals surface area (Å²) in [5.74, 6) is 1.55. The molecule has 2 saturated heterocycles. The molecule has 7 heterocycles. The van der Waals surface area contributed by atoms with E-state index in [-0.39, 0.29) is 68.9 Å². The predicted molar refractivity (Wildman–Crippen MR) is 527 cm³/mol. The molecule has 4 aliphatic heterocycles. The fourth-order valence-electron chi connectivity index (χ4n) is 16.6. The summed E-state index contributed by atoms with van der Waals surface area (Å²) >= 11 is 17.5. The van der Waals surface area contributed by atoms with Crippen molar-refractivity contribution in [1.82, 2.24) is 49.6 Å². The second kappa shape index (κ2) is 53.2. The van der Waals surface area contributed by atoms with Crippen LogP contribution in [0.3, 0.4) is 0 Å². The number of amides is 2. The summed E-state index contributed by atoms with van der Waals surface area (Å²) < 4.78 is 23.6. The highest BCUT2D eigenvalue weighted by Crippen LogP contribution is 2.44. The number of Topliss-reactive ketones (excluding diaryl/α,β-unsaturated/α-hetero) is 1. The first-order valence-corrected chi connectivity index (χ1v) is 49.4. The Kier molecular flexibility index (Phi) is 42.0. The number of carboxylic acids is 1. The smallest absolute Gasteiger partial charge is 0.407 e. The second-order valence-electron chi connectivity index (χ2n) is 34.9. The Morgan fingerprint density at radius 3 is 2.05 bits per heavy atom. The van der Waals surface area contributed by atoms with Crippen molar-refractivity contribution in [3.8, 4) is 22.5 Å². The maximum atomic E-state index is 13.4. The molecule has 7 aromatic carbocycles. The molecule has 0 spiro atoms. The molecule has 10 aromatic rings. The number of benzene rings is 7. The van der Waals surface area contributed by atoms with E-state index in [0.717, 1.165) is 91.7 Å². The number of carbonyl (C=O) groups excluding carboxylic acids is 3. The molecule has 2 unspecified atom stereocenters. The number of unbranched alkanes of at least 4 members (excludes halogenated alkanes) is 1. The third kappa shape index (κ3) is 32.6. The average Bonchev–Trinajstić information content (AvgIpc) is 1.60. The van der Waals surface area contributed by atoms with Crippen LogP contribution < -0.4 is 44.4 Å². The molecule has 6 atom stereocenters. The lowest BCUT2D eigenvalue weighted by Crippen LogP contribution is -2.52. The largest absolute Gasteiger partial charge is 0.481 e. The Morgan fingerprint density at radius 1 is 0.744 bits per heavy atom. The highest BCUT2D eigenvalue weighted by molar-refractivity contribution is 8.00. The number of thioether (sulfide) groups is 3. The number of aromatic nitrogens is 7. The molecule has 3 aromatic heterocycles. The molecule has 692 valence electrons. The minimum atomic E-state index is -0.761. The van der Waals surface area contributed by atoms with Gasteiger partial charge in [-0.25, -0.2) is 28.8 Å². The van der Waals surface area contributed by atoms with Gasteiger partial charge in [0.15, 0.2) is 5.78 Å². The molecular weight excluding hydrogens is 1720 g/mol. The number of nitrogens with one attached hydrogen (secondary N) is 3. The highest BCUT2D eigenvalue weighted by atomic mass is 35.5. The van der Waals surface area contributed by atoms with Crippen LogP contribution in [0.1, 0.15) is 213 Å². The molecule has 1 aliphatic carbocycles. The number of likely N-dealkylation sites (tertiary alicyclic amines) is 1. The van der Waals surface area contributed by atoms with Crippen LogP contribution in [0, 0.1) is 11.2 Å². The normalized spacial score (nSPS) is 17.8. The number of ketones is 1. The van der Waals surface area contributed by atoms with E-state index < -0.39 is 18.1 Å². The van der Waals surface area contributed by atoms with Crippen LogP contribution in [0.2, 0.25) is 10.0 Å². The summed E-state index contributed by atoms with van der Waals surface area (Å²) in [5, 5.41) is 23.7. The topological polar surface area (TPSA) is 325 Å². The third-order valence-electron chi connectivity index (χ3n) is 23.7. The first kappa shape index (κ1) is 102. The minimum Gasteiger partial charge on any atom is -0.481 e.